The van der Waals surface area contributed by atoms with Crippen molar-refractivity contribution < 1.29 is 17.6 Å². The number of rotatable bonds is 5. The standard InChI is InChI=1S/C21H19N3O4S/c1-15(25)24-20(21-8-5-13-28-21)14-19(22-24)16-9-11-17(12-10-16)23-29(26,27)18-6-3-2-4-7-18/h2-13,20,23H,14H2,1H3/t20-/m0/s1. The fraction of sp³-hybridized carbons (Fsp3) is 0.143. The second kappa shape index (κ2) is 7.56. The zero-order valence-corrected chi connectivity index (χ0v) is 16.5. The molecule has 29 heavy (non-hydrogen) atoms. The second-order valence-corrected chi connectivity index (χ2v) is 8.32. The predicted molar refractivity (Wildman–Crippen MR) is 109 cm³/mol. The lowest BCUT2D eigenvalue weighted by molar-refractivity contribution is -0.130. The van der Waals surface area contributed by atoms with Gasteiger partial charge in [-0.2, -0.15) is 5.10 Å². The largest absolute Gasteiger partial charge is 0.467 e. The van der Waals surface area contributed by atoms with Gasteiger partial charge in [-0.3, -0.25) is 9.52 Å². The summed E-state index contributed by atoms with van der Waals surface area (Å²) < 4.78 is 32.9. The van der Waals surface area contributed by atoms with Gasteiger partial charge in [0.1, 0.15) is 11.8 Å². The van der Waals surface area contributed by atoms with Crippen LogP contribution in [-0.2, 0) is 14.8 Å². The highest BCUT2D eigenvalue weighted by Crippen LogP contribution is 2.33. The predicted octanol–water partition coefficient (Wildman–Crippen LogP) is 3.78. The van der Waals surface area contributed by atoms with Crippen molar-refractivity contribution in [1.29, 1.82) is 0 Å². The van der Waals surface area contributed by atoms with Crippen molar-refractivity contribution in [2.24, 2.45) is 5.10 Å². The molecule has 0 aliphatic carbocycles. The Balaban J connectivity index is 1.54. The molecule has 1 atom stereocenters. The van der Waals surface area contributed by atoms with Gasteiger partial charge in [0.05, 0.1) is 16.9 Å². The van der Waals surface area contributed by atoms with Crippen molar-refractivity contribution in [3.63, 3.8) is 0 Å². The average molecular weight is 409 g/mol. The number of hydrogen-bond donors (Lipinski definition) is 1. The van der Waals surface area contributed by atoms with Gasteiger partial charge in [0.2, 0.25) is 5.91 Å². The number of amides is 1. The first-order chi connectivity index (χ1) is 13.9. The maximum atomic E-state index is 12.4. The number of hydrogen-bond acceptors (Lipinski definition) is 5. The Morgan fingerprint density at radius 3 is 2.41 bits per heavy atom. The highest BCUT2D eigenvalue weighted by Gasteiger charge is 2.33. The van der Waals surface area contributed by atoms with E-state index in [1.807, 2.05) is 6.07 Å². The maximum Gasteiger partial charge on any atom is 0.261 e. The van der Waals surface area contributed by atoms with Crippen LogP contribution >= 0.6 is 0 Å². The first-order valence-corrected chi connectivity index (χ1v) is 10.5. The molecule has 1 amide bonds. The first-order valence-electron chi connectivity index (χ1n) is 9.03. The molecule has 7 nitrogen and oxygen atoms in total. The van der Waals surface area contributed by atoms with E-state index in [1.165, 1.54) is 24.1 Å². The van der Waals surface area contributed by atoms with E-state index in [4.69, 9.17) is 4.42 Å². The Bertz CT molecular complexity index is 1140. The van der Waals surface area contributed by atoms with Crippen molar-refractivity contribution in [2.75, 3.05) is 4.72 Å². The first kappa shape index (κ1) is 18.9. The number of sulfonamides is 1. The van der Waals surface area contributed by atoms with Crippen molar-refractivity contribution >= 4 is 27.3 Å². The molecular weight excluding hydrogens is 390 g/mol. The van der Waals surface area contributed by atoms with Crippen LogP contribution < -0.4 is 4.72 Å². The van der Waals surface area contributed by atoms with Crippen LogP contribution in [0.4, 0.5) is 5.69 Å². The summed E-state index contributed by atoms with van der Waals surface area (Å²) in [5.41, 5.74) is 1.99. The number of carbonyl (C=O) groups excluding carboxylic acids is 1. The number of benzene rings is 2. The van der Waals surface area contributed by atoms with E-state index >= 15 is 0 Å². The second-order valence-electron chi connectivity index (χ2n) is 6.64. The number of nitrogens with zero attached hydrogens (tertiary/aromatic N) is 2. The van der Waals surface area contributed by atoms with Crippen LogP contribution in [0.5, 0.6) is 0 Å². The zero-order chi connectivity index (χ0) is 20.4. The molecule has 1 aliphatic heterocycles. The van der Waals surface area contributed by atoms with E-state index in [0.29, 0.717) is 17.9 Å². The van der Waals surface area contributed by atoms with Crippen LogP contribution in [0.2, 0.25) is 0 Å². The summed E-state index contributed by atoms with van der Waals surface area (Å²) in [5, 5.41) is 5.87. The molecular formula is C21H19N3O4S. The Morgan fingerprint density at radius 1 is 1.07 bits per heavy atom. The maximum absolute atomic E-state index is 12.4. The Morgan fingerprint density at radius 2 is 1.79 bits per heavy atom. The van der Waals surface area contributed by atoms with E-state index in [9.17, 15) is 13.2 Å². The third-order valence-electron chi connectivity index (χ3n) is 4.63. The van der Waals surface area contributed by atoms with Gasteiger partial charge >= 0.3 is 0 Å². The molecule has 8 heteroatoms. The molecule has 0 saturated heterocycles. The van der Waals surface area contributed by atoms with Crippen LogP contribution in [0, 0.1) is 0 Å². The minimum atomic E-state index is -3.65. The lowest BCUT2D eigenvalue weighted by Crippen LogP contribution is -2.23. The van der Waals surface area contributed by atoms with Gasteiger partial charge in [-0.05, 0) is 42.0 Å². The quantitative estimate of drug-likeness (QED) is 0.694. The van der Waals surface area contributed by atoms with Crippen LogP contribution in [-0.4, -0.2) is 25.0 Å². The number of carbonyl (C=O) groups is 1. The Labute approximate surface area is 168 Å². The summed E-state index contributed by atoms with van der Waals surface area (Å²) in [7, 11) is -3.65. The highest BCUT2D eigenvalue weighted by atomic mass is 32.2. The van der Waals surface area contributed by atoms with E-state index in [2.05, 4.69) is 9.82 Å². The Kier molecular flexibility index (Phi) is 4.94. The number of nitrogens with one attached hydrogen (secondary N) is 1. The van der Waals surface area contributed by atoms with Gasteiger partial charge in [-0.15, -0.1) is 0 Å². The molecule has 0 bridgehead atoms. The SMILES string of the molecule is CC(=O)N1N=C(c2ccc(NS(=O)(=O)c3ccccc3)cc2)C[C@H]1c1ccco1. The lowest BCUT2D eigenvalue weighted by Gasteiger charge is -2.17. The van der Waals surface area contributed by atoms with Crippen LogP contribution in [0.3, 0.4) is 0 Å². The summed E-state index contributed by atoms with van der Waals surface area (Å²) in [4.78, 5) is 12.2. The fourth-order valence-electron chi connectivity index (χ4n) is 3.22. The van der Waals surface area contributed by atoms with Crippen LogP contribution in [0.1, 0.15) is 30.7 Å². The lowest BCUT2D eigenvalue weighted by atomic mass is 10.0. The monoisotopic (exact) mass is 409 g/mol. The minimum absolute atomic E-state index is 0.173. The molecule has 4 rings (SSSR count). The zero-order valence-electron chi connectivity index (χ0n) is 15.6. The van der Waals surface area contributed by atoms with Gasteiger partial charge < -0.3 is 4.42 Å². The molecule has 2 aromatic carbocycles. The van der Waals surface area contributed by atoms with Gasteiger partial charge in [0.25, 0.3) is 10.0 Å². The van der Waals surface area contributed by atoms with Crippen molar-refractivity contribution in [2.45, 2.75) is 24.3 Å². The van der Waals surface area contributed by atoms with Crippen molar-refractivity contribution in [1.82, 2.24) is 5.01 Å². The summed E-state index contributed by atoms with van der Waals surface area (Å²) in [6.45, 7) is 1.46. The number of furan rings is 1. The van der Waals surface area contributed by atoms with E-state index in [-0.39, 0.29) is 16.8 Å². The van der Waals surface area contributed by atoms with E-state index < -0.39 is 10.0 Å². The van der Waals surface area contributed by atoms with Gasteiger partial charge in [-0.25, -0.2) is 13.4 Å². The summed E-state index contributed by atoms with van der Waals surface area (Å²) >= 11 is 0. The molecule has 0 unspecified atom stereocenters. The summed E-state index contributed by atoms with van der Waals surface area (Å²) in [5.74, 6) is 0.500. The molecule has 148 valence electrons. The van der Waals surface area contributed by atoms with E-state index in [0.717, 1.165) is 11.3 Å². The molecule has 1 N–H and O–H groups in total. The molecule has 0 saturated carbocycles. The minimum Gasteiger partial charge on any atom is -0.467 e. The number of anilines is 1. The molecule has 0 spiro atoms. The topological polar surface area (TPSA) is 92.0 Å². The molecule has 2 heterocycles. The third kappa shape index (κ3) is 3.93. The third-order valence-corrected chi connectivity index (χ3v) is 6.03. The van der Waals surface area contributed by atoms with Crippen molar-refractivity contribution in [3.8, 4) is 0 Å². The molecule has 0 radical (unpaired) electrons. The van der Waals surface area contributed by atoms with Crippen LogP contribution in [0.15, 0.2) is 87.4 Å². The highest BCUT2D eigenvalue weighted by molar-refractivity contribution is 7.92. The molecule has 1 aromatic heterocycles. The van der Waals surface area contributed by atoms with Gasteiger partial charge in [-0.1, -0.05) is 30.3 Å². The molecule has 0 fully saturated rings. The van der Waals surface area contributed by atoms with Gasteiger partial charge in [0, 0.05) is 19.0 Å². The smallest absolute Gasteiger partial charge is 0.261 e. The van der Waals surface area contributed by atoms with Crippen LogP contribution in [0.25, 0.3) is 0 Å². The average Bonchev–Trinajstić information content (AvgIpc) is 3.39. The van der Waals surface area contributed by atoms with Gasteiger partial charge in [0.15, 0.2) is 0 Å². The molecule has 3 aromatic rings. The number of hydrazone groups is 1. The van der Waals surface area contributed by atoms with Crippen molar-refractivity contribution in [3.05, 3.63) is 84.3 Å². The fourth-order valence-corrected chi connectivity index (χ4v) is 4.30. The Hall–Kier alpha value is -3.39. The van der Waals surface area contributed by atoms with E-state index in [1.54, 1.807) is 54.8 Å². The summed E-state index contributed by atoms with van der Waals surface area (Å²) in [6.07, 6.45) is 2.08. The summed E-state index contributed by atoms with van der Waals surface area (Å²) in [6, 6.07) is 18.4. The molecule has 1 aliphatic rings. The normalized spacial score (nSPS) is 16.5.